The third kappa shape index (κ3) is 4.59. The predicted molar refractivity (Wildman–Crippen MR) is 65.6 cm³/mol. The smallest absolute Gasteiger partial charge is 0.329 e. The number of piperidine rings is 1. The lowest BCUT2D eigenvalue weighted by Crippen LogP contribution is -2.52. The first-order valence-corrected chi connectivity index (χ1v) is 7.62. The number of alkyl halides is 3. The molecule has 1 saturated heterocycles. The Morgan fingerprint density at radius 2 is 2.00 bits per heavy atom. The lowest BCUT2D eigenvalue weighted by atomic mass is 10.1. The molecule has 0 amide bonds. The van der Waals surface area contributed by atoms with E-state index < -0.39 is 22.9 Å². The molecular formula is C10H20F3N3O2S. The van der Waals surface area contributed by atoms with E-state index in [9.17, 15) is 21.6 Å². The molecule has 0 spiro atoms. The van der Waals surface area contributed by atoms with Crippen LogP contribution in [-0.2, 0) is 10.2 Å². The van der Waals surface area contributed by atoms with Gasteiger partial charge in [0.05, 0.1) is 0 Å². The highest BCUT2D eigenvalue weighted by molar-refractivity contribution is 7.86. The molecule has 1 aliphatic rings. The zero-order chi connectivity index (χ0) is 14.7. The SMILES string of the molecule is CC1CCCCN1S(=O)(=O)N(CCN)CC(F)(F)F. The Bertz CT molecular complexity index is 386. The molecule has 0 saturated carbocycles. The number of halogens is 3. The van der Waals surface area contributed by atoms with Crippen LogP contribution in [0, 0.1) is 0 Å². The van der Waals surface area contributed by atoms with Crippen molar-refractivity contribution in [3.8, 4) is 0 Å². The summed E-state index contributed by atoms with van der Waals surface area (Å²) in [6, 6.07) is -0.271. The van der Waals surface area contributed by atoms with Crippen molar-refractivity contribution in [1.82, 2.24) is 8.61 Å². The Morgan fingerprint density at radius 3 is 2.47 bits per heavy atom. The van der Waals surface area contributed by atoms with Crippen LogP contribution in [0.5, 0.6) is 0 Å². The third-order valence-electron chi connectivity index (χ3n) is 3.10. The molecule has 0 bridgehead atoms. The minimum absolute atomic E-state index is 0.141. The molecule has 0 aromatic heterocycles. The third-order valence-corrected chi connectivity index (χ3v) is 5.20. The van der Waals surface area contributed by atoms with Gasteiger partial charge in [0.1, 0.15) is 6.54 Å². The van der Waals surface area contributed by atoms with Gasteiger partial charge in [0.25, 0.3) is 10.2 Å². The molecule has 0 radical (unpaired) electrons. The number of hydrogen-bond donors (Lipinski definition) is 1. The van der Waals surface area contributed by atoms with Gasteiger partial charge < -0.3 is 5.73 Å². The van der Waals surface area contributed by atoms with E-state index in [1.165, 1.54) is 0 Å². The molecule has 0 aromatic carbocycles. The molecule has 1 atom stereocenters. The van der Waals surface area contributed by atoms with Crippen LogP contribution < -0.4 is 5.73 Å². The molecule has 1 rings (SSSR count). The van der Waals surface area contributed by atoms with Gasteiger partial charge in [0, 0.05) is 25.7 Å². The summed E-state index contributed by atoms with van der Waals surface area (Å²) >= 11 is 0. The summed E-state index contributed by atoms with van der Waals surface area (Å²) in [6.07, 6.45) is -2.33. The van der Waals surface area contributed by atoms with Crippen LogP contribution in [0.25, 0.3) is 0 Å². The van der Waals surface area contributed by atoms with Crippen LogP contribution in [0.1, 0.15) is 26.2 Å². The van der Waals surface area contributed by atoms with E-state index in [0.29, 0.717) is 17.1 Å². The topological polar surface area (TPSA) is 66.6 Å². The summed E-state index contributed by atoms with van der Waals surface area (Å²) < 4.78 is 63.5. The van der Waals surface area contributed by atoms with Crippen LogP contribution in [0.4, 0.5) is 13.2 Å². The van der Waals surface area contributed by atoms with Crippen molar-refractivity contribution in [2.24, 2.45) is 5.73 Å². The first-order valence-electron chi connectivity index (χ1n) is 6.22. The minimum atomic E-state index is -4.57. The maximum Gasteiger partial charge on any atom is 0.402 e. The molecule has 5 nitrogen and oxygen atoms in total. The fourth-order valence-electron chi connectivity index (χ4n) is 2.18. The second-order valence-corrected chi connectivity index (χ2v) is 6.58. The summed E-state index contributed by atoms with van der Waals surface area (Å²) in [5.74, 6) is 0. The van der Waals surface area contributed by atoms with Gasteiger partial charge in [-0.15, -0.1) is 0 Å². The fraction of sp³-hybridized carbons (Fsp3) is 1.00. The van der Waals surface area contributed by atoms with Gasteiger partial charge in [-0.1, -0.05) is 6.42 Å². The van der Waals surface area contributed by atoms with E-state index >= 15 is 0 Å². The number of nitrogens with two attached hydrogens (primary N) is 1. The van der Waals surface area contributed by atoms with Gasteiger partial charge in [0.15, 0.2) is 0 Å². The minimum Gasteiger partial charge on any atom is -0.329 e. The molecule has 114 valence electrons. The first kappa shape index (κ1) is 16.7. The average molecular weight is 303 g/mol. The van der Waals surface area contributed by atoms with Gasteiger partial charge in [-0.2, -0.15) is 30.2 Å². The zero-order valence-corrected chi connectivity index (χ0v) is 11.7. The molecule has 9 heteroatoms. The Balaban J connectivity index is 2.91. The normalized spacial score (nSPS) is 22.9. The van der Waals surface area contributed by atoms with Crippen molar-refractivity contribution < 1.29 is 21.6 Å². The van der Waals surface area contributed by atoms with Crippen molar-refractivity contribution in [3.63, 3.8) is 0 Å². The Kier molecular flexibility index (Phi) is 5.60. The van der Waals surface area contributed by atoms with Gasteiger partial charge in [-0.05, 0) is 19.8 Å². The molecule has 1 fully saturated rings. The monoisotopic (exact) mass is 303 g/mol. The summed E-state index contributed by atoms with van der Waals surface area (Å²) in [6.45, 7) is 0.0195. The molecule has 1 heterocycles. The van der Waals surface area contributed by atoms with E-state index in [2.05, 4.69) is 0 Å². The van der Waals surface area contributed by atoms with Crippen LogP contribution >= 0.6 is 0 Å². The average Bonchev–Trinajstić information content (AvgIpc) is 2.27. The van der Waals surface area contributed by atoms with E-state index in [4.69, 9.17) is 5.73 Å². The highest BCUT2D eigenvalue weighted by atomic mass is 32.2. The maximum absolute atomic E-state index is 12.5. The Labute approximate surface area is 111 Å². The first-order chi connectivity index (χ1) is 8.68. The second-order valence-electron chi connectivity index (χ2n) is 4.70. The summed E-state index contributed by atoms with van der Waals surface area (Å²) in [5, 5.41) is 0. The van der Waals surface area contributed by atoms with Gasteiger partial charge >= 0.3 is 6.18 Å². The summed E-state index contributed by atoms with van der Waals surface area (Å²) in [7, 11) is -4.10. The molecular weight excluding hydrogens is 283 g/mol. The number of hydrogen-bond acceptors (Lipinski definition) is 3. The van der Waals surface area contributed by atoms with Crippen LogP contribution in [-0.4, -0.2) is 55.4 Å². The largest absolute Gasteiger partial charge is 0.402 e. The van der Waals surface area contributed by atoms with E-state index in [1.807, 2.05) is 0 Å². The number of rotatable bonds is 5. The molecule has 2 N–H and O–H groups in total. The van der Waals surface area contributed by atoms with Gasteiger partial charge in [-0.25, -0.2) is 0 Å². The van der Waals surface area contributed by atoms with Gasteiger partial charge in [-0.3, -0.25) is 0 Å². The van der Waals surface area contributed by atoms with Crippen molar-refractivity contribution in [2.45, 2.75) is 38.4 Å². The predicted octanol–water partition coefficient (Wildman–Crippen LogP) is 0.929. The van der Waals surface area contributed by atoms with E-state index in [1.54, 1.807) is 6.92 Å². The standard InChI is InChI=1S/C10H20F3N3O2S/c1-9-4-2-3-6-16(9)19(17,18)15(7-5-14)8-10(11,12)13/h9H,2-8,14H2,1H3. The number of nitrogens with zero attached hydrogens (tertiary/aromatic N) is 2. The Morgan fingerprint density at radius 1 is 1.37 bits per heavy atom. The molecule has 0 aromatic rings. The lowest BCUT2D eigenvalue weighted by Gasteiger charge is -2.36. The van der Waals surface area contributed by atoms with Gasteiger partial charge in [0.2, 0.25) is 0 Å². The van der Waals surface area contributed by atoms with Crippen molar-refractivity contribution in [2.75, 3.05) is 26.2 Å². The molecule has 19 heavy (non-hydrogen) atoms. The van der Waals surface area contributed by atoms with Crippen LogP contribution in [0.15, 0.2) is 0 Å². The zero-order valence-electron chi connectivity index (χ0n) is 10.9. The second kappa shape index (κ2) is 6.38. The maximum atomic E-state index is 12.5. The highest BCUT2D eigenvalue weighted by Gasteiger charge is 2.40. The van der Waals surface area contributed by atoms with E-state index in [-0.39, 0.29) is 25.7 Å². The van der Waals surface area contributed by atoms with Crippen molar-refractivity contribution in [3.05, 3.63) is 0 Å². The van der Waals surface area contributed by atoms with Crippen LogP contribution in [0.3, 0.4) is 0 Å². The molecule has 0 aliphatic carbocycles. The van der Waals surface area contributed by atoms with Crippen molar-refractivity contribution >= 4 is 10.2 Å². The quantitative estimate of drug-likeness (QED) is 0.821. The summed E-state index contributed by atoms with van der Waals surface area (Å²) in [5.41, 5.74) is 5.22. The Hall–Kier alpha value is -0.380. The lowest BCUT2D eigenvalue weighted by molar-refractivity contribution is -0.136. The summed E-state index contributed by atoms with van der Waals surface area (Å²) in [4.78, 5) is 0. The van der Waals surface area contributed by atoms with E-state index in [0.717, 1.165) is 10.7 Å². The highest BCUT2D eigenvalue weighted by Crippen LogP contribution is 2.25. The van der Waals surface area contributed by atoms with Crippen LogP contribution in [0.2, 0.25) is 0 Å². The van der Waals surface area contributed by atoms with Crippen molar-refractivity contribution in [1.29, 1.82) is 0 Å². The molecule has 1 aliphatic heterocycles. The molecule has 1 unspecified atom stereocenters. The fourth-order valence-corrected chi connectivity index (χ4v) is 4.05.